The molecule has 0 aromatic carbocycles. The summed E-state index contributed by atoms with van der Waals surface area (Å²) in [6.45, 7) is 6.26. The third-order valence-electron chi connectivity index (χ3n) is 1.75. The molecule has 0 heterocycles. The highest BCUT2D eigenvalue weighted by molar-refractivity contribution is 6.62. The lowest BCUT2D eigenvalue weighted by molar-refractivity contribution is 0.210. The first-order valence-corrected chi connectivity index (χ1v) is 4.25. The molecular formula is C8H16ClNO. The van der Waals surface area contributed by atoms with E-state index in [2.05, 4.69) is 13.8 Å². The normalized spacial score (nSPS) is 13.3. The molecular weight excluding hydrogens is 162 g/mol. The van der Waals surface area contributed by atoms with Gasteiger partial charge in [-0.2, -0.15) is 0 Å². The maximum Gasteiger partial charge on any atom is 0.316 e. The van der Waals surface area contributed by atoms with Crippen LogP contribution in [0.25, 0.3) is 0 Å². The Morgan fingerprint density at radius 2 is 1.91 bits per heavy atom. The second kappa shape index (κ2) is 4.60. The van der Waals surface area contributed by atoms with Gasteiger partial charge in [-0.25, -0.2) is 0 Å². The van der Waals surface area contributed by atoms with E-state index in [0.29, 0.717) is 5.92 Å². The van der Waals surface area contributed by atoms with E-state index in [1.807, 2.05) is 6.92 Å². The van der Waals surface area contributed by atoms with E-state index in [9.17, 15) is 4.79 Å². The van der Waals surface area contributed by atoms with Crippen LogP contribution in [0.5, 0.6) is 0 Å². The van der Waals surface area contributed by atoms with E-state index in [4.69, 9.17) is 11.6 Å². The van der Waals surface area contributed by atoms with Gasteiger partial charge in [0, 0.05) is 13.1 Å². The van der Waals surface area contributed by atoms with Crippen molar-refractivity contribution in [3.63, 3.8) is 0 Å². The van der Waals surface area contributed by atoms with E-state index in [-0.39, 0.29) is 11.4 Å². The molecule has 1 amide bonds. The second-order valence-electron chi connectivity index (χ2n) is 3.34. The number of hydrogen-bond donors (Lipinski definition) is 0. The highest BCUT2D eigenvalue weighted by Crippen LogP contribution is 2.10. The Labute approximate surface area is 73.5 Å². The Balaban J connectivity index is 3.82. The topological polar surface area (TPSA) is 20.3 Å². The van der Waals surface area contributed by atoms with Crippen LogP contribution in [0.4, 0.5) is 4.79 Å². The number of carbonyl (C=O) groups excluding carboxylic acids is 1. The summed E-state index contributed by atoms with van der Waals surface area (Å²) >= 11 is 5.29. The Kier molecular flexibility index (Phi) is 4.50. The number of hydrogen-bond acceptors (Lipinski definition) is 1. The Morgan fingerprint density at radius 3 is 2.18 bits per heavy atom. The van der Waals surface area contributed by atoms with Crippen LogP contribution in [0, 0.1) is 5.92 Å². The monoisotopic (exact) mass is 177 g/mol. The molecule has 0 N–H and O–H groups in total. The molecule has 0 rings (SSSR count). The van der Waals surface area contributed by atoms with Gasteiger partial charge in [0.25, 0.3) is 0 Å². The molecule has 0 saturated carbocycles. The molecule has 0 aromatic rings. The van der Waals surface area contributed by atoms with Gasteiger partial charge in [-0.05, 0) is 30.9 Å². The van der Waals surface area contributed by atoms with Crippen LogP contribution in [0.2, 0.25) is 0 Å². The molecule has 1 unspecified atom stereocenters. The second-order valence-corrected chi connectivity index (χ2v) is 3.67. The molecule has 66 valence electrons. The summed E-state index contributed by atoms with van der Waals surface area (Å²) in [5, 5.41) is -0.377. The van der Waals surface area contributed by atoms with E-state index >= 15 is 0 Å². The van der Waals surface area contributed by atoms with Gasteiger partial charge in [-0.3, -0.25) is 4.79 Å². The van der Waals surface area contributed by atoms with Crippen molar-refractivity contribution in [2.75, 3.05) is 7.05 Å². The van der Waals surface area contributed by atoms with Crippen molar-refractivity contribution in [1.29, 1.82) is 0 Å². The first-order valence-electron chi connectivity index (χ1n) is 3.87. The summed E-state index contributed by atoms with van der Waals surface area (Å²) in [5.41, 5.74) is 0. The van der Waals surface area contributed by atoms with Crippen molar-refractivity contribution in [3.05, 3.63) is 0 Å². The lowest BCUT2D eigenvalue weighted by Gasteiger charge is -2.23. The Morgan fingerprint density at radius 1 is 1.45 bits per heavy atom. The summed E-state index contributed by atoms with van der Waals surface area (Å²) in [6.07, 6.45) is 0.995. The minimum atomic E-state index is -0.377. The van der Waals surface area contributed by atoms with Crippen LogP contribution >= 0.6 is 11.6 Å². The molecule has 11 heavy (non-hydrogen) atoms. The molecule has 0 aliphatic rings. The van der Waals surface area contributed by atoms with E-state index < -0.39 is 0 Å². The van der Waals surface area contributed by atoms with Gasteiger partial charge in [0.1, 0.15) is 0 Å². The summed E-state index contributed by atoms with van der Waals surface area (Å²) in [5.74, 6) is 0.600. The fraction of sp³-hybridized carbons (Fsp3) is 0.875. The molecule has 0 saturated heterocycles. The fourth-order valence-electron chi connectivity index (χ4n) is 1.01. The minimum absolute atomic E-state index is 0.236. The zero-order chi connectivity index (χ0) is 9.02. The number of halogens is 1. The zero-order valence-electron chi connectivity index (χ0n) is 7.60. The SMILES string of the molecule is CC(C)CC(C)N(C)C(=O)Cl. The number of amides is 1. The summed E-state index contributed by atoms with van der Waals surface area (Å²) in [7, 11) is 1.72. The fourth-order valence-corrected chi connectivity index (χ4v) is 1.18. The van der Waals surface area contributed by atoms with Crippen molar-refractivity contribution in [3.8, 4) is 0 Å². The number of nitrogens with zero attached hydrogens (tertiary/aromatic N) is 1. The lowest BCUT2D eigenvalue weighted by atomic mass is 10.0. The van der Waals surface area contributed by atoms with Gasteiger partial charge < -0.3 is 4.90 Å². The number of carbonyl (C=O) groups is 1. The van der Waals surface area contributed by atoms with Crippen molar-refractivity contribution >= 4 is 17.0 Å². The van der Waals surface area contributed by atoms with Gasteiger partial charge in [-0.15, -0.1) is 0 Å². The van der Waals surface area contributed by atoms with Crippen LogP contribution in [0.15, 0.2) is 0 Å². The quantitative estimate of drug-likeness (QED) is 0.480. The first kappa shape index (κ1) is 10.8. The van der Waals surface area contributed by atoms with Crippen LogP contribution in [0.3, 0.4) is 0 Å². The van der Waals surface area contributed by atoms with Gasteiger partial charge in [0.05, 0.1) is 0 Å². The van der Waals surface area contributed by atoms with E-state index in [1.165, 1.54) is 0 Å². The van der Waals surface area contributed by atoms with E-state index in [1.54, 1.807) is 11.9 Å². The summed E-state index contributed by atoms with van der Waals surface area (Å²) in [4.78, 5) is 12.2. The van der Waals surface area contributed by atoms with Gasteiger partial charge in [-0.1, -0.05) is 13.8 Å². The van der Waals surface area contributed by atoms with Gasteiger partial charge in [0.15, 0.2) is 0 Å². The van der Waals surface area contributed by atoms with Crippen LogP contribution in [0.1, 0.15) is 27.2 Å². The van der Waals surface area contributed by atoms with Gasteiger partial charge >= 0.3 is 5.37 Å². The summed E-state index contributed by atoms with van der Waals surface area (Å²) in [6, 6.07) is 0.236. The van der Waals surface area contributed by atoms with Crippen molar-refractivity contribution in [2.45, 2.75) is 33.2 Å². The molecule has 1 atom stereocenters. The molecule has 0 aliphatic carbocycles. The molecule has 0 aromatic heterocycles. The molecule has 2 nitrogen and oxygen atoms in total. The predicted molar refractivity (Wildman–Crippen MR) is 47.9 cm³/mol. The average molecular weight is 178 g/mol. The van der Waals surface area contributed by atoms with Crippen LogP contribution in [-0.2, 0) is 0 Å². The van der Waals surface area contributed by atoms with Crippen LogP contribution < -0.4 is 0 Å². The third kappa shape index (κ3) is 4.25. The maximum atomic E-state index is 10.7. The van der Waals surface area contributed by atoms with E-state index in [0.717, 1.165) is 6.42 Å². The molecule has 0 radical (unpaired) electrons. The van der Waals surface area contributed by atoms with Gasteiger partial charge in [0.2, 0.25) is 0 Å². The standard InChI is InChI=1S/C8H16ClNO/c1-6(2)5-7(3)10(4)8(9)11/h6-7H,5H2,1-4H3. The predicted octanol–water partition coefficient (Wildman–Crippen LogP) is 2.71. The highest BCUT2D eigenvalue weighted by atomic mass is 35.5. The smallest absolute Gasteiger partial charge is 0.316 e. The average Bonchev–Trinajstić information content (AvgIpc) is 1.84. The molecule has 0 fully saturated rings. The van der Waals surface area contributed by atoms with Crippen molar-refractivity contribution in [2.24, 2.45) is 5.92 Å². The van der Waals surface area contributed by atoms with Crippen molar-refractivity contribution < 1.29 is 4.79 Å². The Bertz CT molecular complexity index is 136. The highest BCUT2D eigenvalue weighted by Gasteiger charge is 2.13. The first-order chi connectivity index (χ1) is 4.95. The molecule has 0 bridgehead atoms. The van der Waals surface area contributed by atoms with Crippen molar-refractivity contribution in [1.82, 2.24) is 4.90 Å². The molecule has 0 spiro atoms. The maximum absolute atomic E-state index is 10.7. The largest absolute Gasteiger partial charge is 0.330 e. The molecule has 3 heteroatoms. The van der Waals surface area contributed by atoms with Crippen LogP contribution in [-0.4, -0.2) is 23.4 Å². The summed E-state index contributed by atoms with van der Waals surface area (Å²) < 4.78 is 0. The minimum Gasteiger partial charge on any atom is -0.330 e. The number of rotatable bonds is 3. The lowest BCUT2D eigenvalue weighted by Crippen LogP contribution is -2.32. The zero-order valence-corrected chi connectivity index (χ0v) is 8.35. The third-order valence-corrected chi connectivity index (χ3v) is 2.02. The Hall–Kier alpha value is -0.240. The molecule has 0 aliphatic heterocycles.